The van der Waals surface area contributed by atoms with Crippen molar-refractivity contribution in [2.24, 2.45) is 4.99 Å². The number of rotatable bonds is 8. The van der Waals surface area contributed by atoms with Crippen molar-refractivity contribution in [1.82, 2.24) is 20.4 Å². The third-order valence-electron chi connectivity index (χ3n) is 4.43. The van der Waals surface area contributed by atoms with E-state index in [1.165, 1.54) is 5.56 Å². The van der Waals surface area contributed by atoms with Crippen molar-refractivity contribution in [3.63, 3.8) is 0 Å². The zero-order valence-electron chi connectivity index (χ0n) is 15.9. The Morgan fingerprint density at radius 2 is 2.00 bits per heavy atom. The summed E-state index contributed by atoms with van der Waals surface area (Å²) in [4.78, 5) is 9.52. The molecule has 140 valence electrons. The van der Waals surface area contributed by atoms with Gasteiger partial charge in [-0.15, -0.1) is 0 Å². The topological polar surface area (TPSA) is 52.1 Å². The molecule has 2 N–H and O–H groups in total. The number of likely N-dealkylation sites (N-methyl/N-ethyl adjacent to an activating group) is 2. The molecule has 1 saturated heterocycles. The van der Waals surface area contributed by atoms with Gasteiger partial charge >= 0.3 is 0 Å². The van der Waals surface area contributed by atoms with E-state index < -0.39 is 0 Å². The minimum atomic E-state index is 0.475. The van der Waals surface area contributed by atoms with Gasteiger partial charge in [0.1, 0.15) is 0 Å². The van der Waals surface area contributed by atoms with Crippen molar-refractivity contribution in [2.45, 2.75) is 19.6 Å². The normalized spacial score (nSPS) is 19.8. The molecule has 1 unspecified atom stereocenters. The number of nitrogens with zero attached hydrogens (tertiary/aromatic N) is 3. The Labute approximate surface area is 152 Å². The van der Waals surface area contributed by atoms with Gasteiger partial charge in [-0.25, -0.2) is 0 Å². The van der Waals surface area contributed by atoms with E-state index >= 15 is 0 Å². The van der Waals surface area contributed by atoms with E-state index in [0.29, 0.717) is 19.3 Å². The average Bonchev–Trinajstić information content (AvgIpc) is 2.62. The standard InChI is InChI=1S/C19H33N5O/c1-4-20-19(22-14-18-15-23(2)11-12-24(18)3)21-10-13-25-16-17-8-6-5-7-9-17/h5-9,18H,4,10-16H2,1-3H3,(H2,20,21,22). The maximum atomic E-state index is 5.71. The lowest BCUT2D eigenvalue weighted by atomic mass is 10.2. The first-order chi connectivity index (χ1) is 12.2. The second-order valence-electron chi connectivity index (χ2n) is 6.58. The summed E-state index contributed by atoms with van der Waals surface area (Å²) >= 11 is 0. The van der Waals surface area contributed by atoms with Crippen molar-refractivity contribution >= 4 is 5.96 Å². The van der Waals surface area contributed by atoms with Gasteiger partial charge in [-0.05, 0) is 26.6 Å². The van der Waals surface area contributed by atoms with Crippen molar-refractivity contribution in [3.05, 3.63) is 35.9 Å². The van der Waals surface area contributed by atoms with Gasteiger partial charge in [-0.2, -0.15) is 0 Å². The lowest BCUT2D eigenvalue weighted by molar-refractivity contribution is 0.119. The van der Waals surface area contributed by atoms with Crippen molar-refractivity contribution in [2.75, 3.05) is 60.0 Å². The van der Waals surface area contributed by atoms with Crippen LogP contribution < -0.4 is 10.6 Å². The monoisotopic (exact) mass is 347 g/mol. The highest BCUT2D eigenvalue weighted by molar-refractivity contribution is 5.79. The number of piperazine rings is 1. The summed E-state index contributed by atoms with van der Waals surface area (Å²) in [5.74, 6) is 0.868. The van der Waals surface area contributed by atoms with Crippen LogP contribution >= 0.6 is 0 Å². The molecule has 2 rings (SSSR count). The molecule has 6 heteroatoms. The van der Waals surface area contributed by atoms with Crippen LogP contribution in [0.15, 0.2) is 35.3 Å². The lowest BCUT2D eigenvalue weighted by Crippen LogP contribution is -2.51. The highest BCUT2D eigenvalue weighted by Gasteiger charge is 2.21. The first-order valence-corrected chi connectivity index (χ1v) is 9.21. The smallest absolute Gasteiger partial charge is 0.191 e. The molecule has 1 atom stereocenters. The number of ether oxygens (including phenoxy) is 1. The van der Waals surface area contributed by atoms with Gasteiger partial charge in [0.2, 0.25) is 0 Å². The highest BCUT2D eigenvalue weighted by atomic mass is 16.5. The summed E-state index contributed by atoms with van der Waals surface area (Å²) in [6.45, 7) is 9.11. The summed E-state index contributed by atoms with van der Waals surface area (Å²) in [5.41, 5.74) is 1.20. The fourth-order valence-corrected chi connectivity index (χ4v) is 2.84. The quantitative estimate of drug-likeness (QED) is 0.418. The minimum absolute atomic E-state index is 0.475. The van der Waals surface area contributed by atoms with Gasteiger partial charge in [0.25, 0.3) is 0 Å². The van der Waals surface area contributed by atoms with Gasteiger partial charge in [0, 0.05) is 38.8 Å². The summed E-state index contributed by atoms with van der Waals surface area (Å²) in [6.07, 6.45) is 0. The molecule has 0 saturated carbocycles. The van der Waals surface area contributed by atoms with Crippen LogP contribution in [0.2, 0.25) is 0 Å². The van der Waals surface area contributed by atoms with E-state index in [2.05, 4.69) is 53.6 Å². The Kier molecular flexibility index (Phi) is 8.72. The summed E-state index contributed by atoms with van der Waals surface area (Å²) < 4.78 is 5.71. The summed E-state index contributed by atoms with van der Waals surface area (Å²) in [7, 11) is 4.36. The second-order valence-corrected chi connectivity index (χ2v) is 6.58. The number of guanidine groups is 1. The number of benzene rings is 1. The molecule has 0 amide bonds. The Hall–Kier alpha value is -1.63. The summed E-state index contributed by atoms with van der Waals surface area (Å²) in [5, 5.41) is 6.66. The van der Waals surface area contributed by atoms with Crippen LogP contribution in [0.4, 0.5) is 0 Å². The molecule has 25 heavy (non-hydrogen) atoms. The molecule has 1 aromatic rings. The van der Waals surface area contributed by atoms with Gasteiger partial charge < -0.3 is 20.3 Å². The van der Waals surface area contributed by atoms with Crippen LogP contribution in [0.25, 0.3) is 0 Å². The molecule has 1 fully saturated rings. The highest BCUT2D eigenvalue weighted by Crippen LogP contribution is 2.06. The van der Waals surface area contributed by atoms with Crippen LogP contribution in [0.1, 0.15) is 12.5 Å². The lowest BCUT2D eigenvalue weighted by Gasteiger charge is -2.36. The van der Waals surface area contributed by atoms with E-state index in [-0.39, 0.29) is 0 Å². The number of hydrogen-bond acceptors (Lipinski definition) is 4. The molecule has 0 aliphatic carbocycles. The first kappa shape index (κ1) is 19.7. The SMILES string of the molecule is CCNC(=NCC1CN(C)CCN1C)NCCOCc1ccccc1. The van der Waals surface area contributed by atoms with Crippen LogP contribution in [0.5, 0.6) is 0 Å². The molecule has 0 spiro atoms. The van der Waals surface area contributed by atoms with E-state index in [9.17, 15) is 0 Å². The van der Waals surface area contributed by atoms with E-state index in [1.54, 1.807) is 0 Å². The van der Waals surface area contributed by atoms with Crippen molar-refractivity contribution in [1.29, 1.82) is 0 Å². The Morgan fingerprint density at radius 1 is 1.20 bits per heavy atom. The third-order valence-corrected chi connectivity index (χ3v) is 4.43. The van der Waals surface area contributed by atoms with Crippen LogP contribution in [-0.2, 0) is 11.3 Å². The second kappa shape index (κ2) is 11.1. The Balaban J connectivity index is 1.70. The van der Waals surface area contributed by atoms with Gasteiger partial charge in [-0.1, -0.05) is 30.3 Å². The molecule has 0 radical (unpaired) electrons. The van der Waals surface area contributed by atoms with Crippen LogP contribution in [-0.4, -0.2) is 81.8 Å². The molecule has 6 nitrogen and oxygen atoms in total. The Bertz CT molecular complexity index is 508. The van der Waals surface area contributed by atoms with Gasteiger partial charge in [-0.3, -0.25) is 9.89 Å². The zero-order chi connectivity index (χ0) is 17.9. The molecule has 0 bridgehead atoms. The Morgan fingerprint density at radius 3 is 2.76 bits per heavy atom. The number of aliphatic imine (C=N–C) groups is 1. The summed E-state index contributed by atoms with van der Waals surface area (Å²) in [6, 6.07) is 10.7. The molecule has 1 aromatic carbocycles. The fraction of sp³-hybridized carbons (Fsp3) is 0.632. The number of hydrogen-bond donors (Lipinski definition) is 2. The molecule has 1 aliphatic rings. The molecule has 1 aliphatic heterocycles. The first-order valence-electron chi connectivity index (χ1n) is 9.21. The van der Waals surface area contributed by atoms with Crippen molar-refractivity contribution < 1.29 is 4.74 Å². The zero-order valence-corrected chi connectivity index (χ0v) is 15.9. The van der Waals surface area contributed by atoms with E-state index in [0.717, 1.165) is 45.2 Å². The maximum Gasteiger partial charge on any atom is 0.191 e. The van der Waals surface area contributed by atoms with Gasteiger partial charge in [0.15, 0.2) is 5.96 Å². The maximum absolute atomic E-state index is 5.71. The van der Waals surface area contributed by atoms with E-state index in [4.69, 9.17) is 9.73 Å². The van der Waals surface area contributed by atoms with Gasteiger partial charge in [0.05, 0.1) is 19.8 Å². The third kappa shape index (κ3) is 7.42. The molecular weight excluding hydrogens is 314 g/mol. The molecule has 1 heterocycles. The average molecular weight is 348 g/mol. The number of nitrogens with one attached hydrogen (secondary N) is 2. The van der Waals surface area contributed by atoms with Crippen molar-refractivity contribution in [3.8, 4) is 0 Å². The van der Waals surface area contributed by atoms with Crippen LogP contribution in [0.3, 0.4) is 0 Å². The van der Waals surface area contributed by atoms with E-state index in [1.807, 2.05) is 18.2 Å². The molecule has 0 aromatic heterocycles. The minimum Gasteiger partial charge on any atom is -0.375 e. The fourth-order valence-electron chi connectivity index (χ4n) is 2.84. The largest absolute Gasteiger partial charge is 0.375 e. The predicted octanol–water partition coefficient (Wildman–Crippen LogP) is 1.00. The predicted molar refractivity (Wildman–Crippen MR) is 104 cm³/mol. The van der Waals surface area contributed by atoms with Crippen LogP contribution in [0, 0.1) is 0 Å². The molecular formula is C19H33N5O.